The average molecular weight is 379 g/mol. The van der Waals surface area contributed by atoms with Crippen LogP contribution in [0.2, 0.25) is 0 Å². The van der Waals surface area contributed by atoms with E-state index in [-0.39, 0.29) is 0 Å². The number of hydrogen-bond acceptors (Lipinski definition) is 8. The van der Waals surface area contributed by atoms with Crippen LogP contribution in [0.5, 0.6) is 11.6 Å². The third-order valence-corrected chi connectivity index (χ3v) is 4.59. The molecule has 9 heteroatoms. The molecule has 0 amide bonds. The lowest BCUT2D eigenvalue weighted by atomic mass is 10.1. The predicted molar refractivity (Wildman–Crippen MR) is 103 cm³/mol. The summed E-state index contributed by atoms with van der Waals surface area (Å²) in [6, 6.07) is 5.63. The number of aryl methyl sites for hydroxylation is 2. The molecule has 0 radical (unpaired) electrons. The zero-order valence-corrected chi connectivity index (χ0v) is 15.8. The highest BCUT2D eigenvalue weighted by Crippen LogP contribution is 2.30. The van der Waals surface area contributed by atoms with Gasteiger partial charge in [0.2, 0.25) is 5.88 Å². The van der Waals surface area contributed by atoms with Gasteiger partial charge >= 0.3 is 0 Å². The van der Waals surface area contributed by atoms with Crippen LogP contribution >= 0.6 is 0 Å². The molecule has 3 aromatic rings. The molecule has 1 aliphatic heterocycles. The van der Waals surface area contributed by atoms with Crippen LogP contribution in [0.1, 0.15) is 18.2 Å². The standard InChI is InChI=1S/C19H21N7O2/c1-3-13-8-14(10-20)21-11-16(13)28-17-9-15(24-26-4-6-27-7-5-26)18-19(23-17)25(2)12-22-18/h8-9,11-12H,3-7H2,1-2H3,(H,23,24). The highest BCUT2D eigenvalue weighted by atomic mass is 16.5. The minimum atomic E-state index is 0.369. The number of pyridine rings is 2. The number of hydrazine groups is 1. The topological polar surface area (TPSA) is 101 Å². The Labute approximate surface area is 162 Å². The average Bonchev–Trinajstić information content (AvgIpc) is 3.10. The number of hydrogen-bond donors (Lipinski definition) is 1. The minimum Gasteiger partial charge on any atom is -0.437 e. The molecule has 4 heterocycles. The van der Waals surface area contributed by atoms with Crippen LogP contribution in [0.4, 0.5) is 5.69 Å². The molecule has 0 aliphatic carbocycles. The van der Waals surface area contributed by atoms with E-state index in [1.165, 1.54) is 0 Å². The molecule has 0 atom stereocenters. The summed E-state index contributed by atoms with van der Waals surface area (Å²) in [5.74, 6) is 1.03. The van der Waals surface area contributed by atoms with Gasteiger partial charge in [-0.05, 0) is 18.1 Å². The normalized spacial score (nSPS) is 14.8. The maximum Gasteiger partial charge on any atom is 0.223 e. The number of morpholine rings is 1. The van der Waals surface area contributed by atoms with Crippen LogP contribution in [0.15, 0.2) is 24.7 Å². The Kier molecular flexibility index (Phi) is 5.06. The van der Waals surface area contributed by atoms with Crippen molar-refractivity contribution >= 4 is 16.9 Å². The second kappa shape index (κ2) is 7.80. The van der Waals surface area contributed by atoms with Crippen LogP contribution in [0, 0.1) is 11.3 Å². The van der Waals surface area contributed by atoms with Crippen molar-refractivity contribution in [2.45, 2.75) is 13.3 Å². The summed E-state index contributed by atoms with van der Waals surface area (Å²) in [4.78, 5) is 13.2. The Morgan fingerprint density at radius 3 is 2.86 bits per heavy atom. The molecule has 144 valence electrons. The van der Waals surface area contributed by atoms with Crippen molar-refractivity contribution in [3.05, 3.63) is 35.9 Å². The zero-order valence-electron chi connectivity index (χ0n) is 15.8. The number of fused-ring (bicyclic) bond motifs is 1. The van der Waals surface area contributed by atoms with Gasteiger partial charge in [-0.15, -0.1) is 0 Å². The van der Waals surface area contributed by atoms with E-state index in [4.69, 9.17) is 14.7 Å². The fourth-order valence-electron chi connectivity index (χ4n) is 3.08. The first-order valence-electron chi connectivity index (χ1n) is 9.16. The number of nitrogens with zero attached hydrogens (tertiary/aromatic N) is 6. The number of ether oxygens (including phenoxy) is 2. The Balaban J connectivity index is 1.69. The van der Waals surface area contributed by atoms with Crippen molar-refractivity contribution in [1.29, 1.82) is 5.26 Å². The first kappa shape index (κ1) is 18.2. The van der Waals surface area contributed by atoms with Crippen molar-refractivity contribution in [1.82, 2.24) is 24.5 Å². The van der Waals surface area contributed by atoms with Crippen molar-refractivity contribution < 1.29 is 9.47 Å². The summed E-state index contributed by atoms with van der Waals surface area (Å²) < 4.78 is 13.3. The van der Waals surface area contributed by atoms with E-state index in [9.17, 15) is 0 Å². The van der Waals surface area contributed by atoms with Gasteiger partial charge in [0, 0.05) is 26.2 Å². The van der Waals surface area contributed by atoms with Gasteiger partial charge in [0.15, 0.2) is 11.4 Å². The maximum absolute atomic E-state index is 9.06. The number of aromatic nitrogens is 4. The molecule has 0 saturated carbocycles. The quantitative estimate of drug-likeness (QED) is 0.720. The third-order valence-electron chi connectivity index (χ3n) is 4.59. The highest BCUT2D eigenvalue weighted by molar-refractivity contribution is 5.86. The van der Waals surface area contributed by atoms with E-state index in [0.717, 1.165) is 36.3 Å². The zero-order chi connectivity index (χ0) is 19.5. The second-order valence-electron chi connectivity index (χ2n) is 6.49. The number of nitrogens with one attached hydrogen (secondary N) is 1. The van der Waals surface area contributed by atoms with E-state index in [1.54, 1.807) is 18.6 Å². The first-order chi connectivity index (χ1) is 13.7. The molecule has 9 nitrogen and oxygen atoms in total. The number of anilines is 1. The summed E-state index contributed by atoms with van der Waals surface area (Å²) in [7, 11) is 1.89. The largest absolute Gasteiger partial charge is 0.437 e. The van der Waals surface area contributed by atoms with E-state index < -0.39 is 0 Å². The monoisotopic (exact) mass is 379 g/mol. The van der Waals surface area contributed by atoms with Crippen LogP contribution in [-0.4, -0.2) is 50.8 Å². The maximum atomic E-state index is 9.06. The molecule has 28 heavy (non-hydrogen) atoms. The van der Waals surface area contributed by atoms with E-state index in [2.05, 4.69) is 31.5 Å². The molecule has 0 bridgehead atoms. The van der Waals surface area contributed by atoms with E-state index in [0.29, 0.717) is 36.2 Å². The van der Waals surface area contributed by atoms with Gasteiger partial charge in [0.1, 0.15) is 17.3 Å². The summed E-state index contributed by atoms with van der Waals surface area (Å²) in [6.07, 6.45) is 4.02. The van der Waals surface area contributed by atoms with Gasteiger partial charge < -0.3 is 19.5 Å². The predicted octanol–water partition coefficient (Wildman–Crippen LogP) is 2.25. The highest BCUT2D eigenvalue weighted by Gasteiger charge is 2.17. The van der Waals surface area contributed by atoms with Gasteiger partial charge in [0.05, 0.1) is 31.4 Å². The minimum absolute atomic E-state index is 0.369. The number of rotatable bonds is 5. The van der Waals surface area contributed by atoms with Gasteiger partial charge in [-0.3, -0.25) is 0 Å². The molecule has 1 aliphatic rings. The molecule has 4 rings (SSSR count). The Hall–Kier alpha value is -3.22. The van der Waals surface area contributed by atoms with Gasteiger partial charge in [0.25, 0.3) is 0 Å². The van der Waals surface area contributed by atoms with Gasteiger partial charge in [-0.2, -0.15) is 10.2 Å². The molecule has 1 fully saturated rings. The molecule has 0 spiro atoms. The van der Waals surface area contributed by atoms with Crippen LogP contribution in [-0.2, 0) is 18.2 Å². The van der Waals surface area contributed by atoms with Crippen molar-refractivity contribution in [2.75, 3.05) is 31.7 Å². The lowest BCUT2D eigenvalue weighted by molar-refractivity contribution is 0.0497. The lowest BCUT2D eigenvalue weighted by Gasteiger charge is -2.28. The number of nitriles is 1. The smallest absolute Gasteiger partial charge is 0.223 e. The second-order valence-corrected chi connectivity index (χ2v) is 6.49. The van der Waals surface area contributed by atoms with Gasteiger partial charge in [-0.1, -0.05) is 6.92 Å². The summed E-state index contributed by atoms with van der Waals surface area (Å²) in [5, 5.41) is 11.2. The molecule has 0 aromatic carbocycles. The SMILES string of the molecule is CCc1cc(C#N)ncc1Oc1cc(NN2CCOCC2)c2ncn(C)c2n1. The first-order valence-corrected chi connectivity index (χ1v) is 9.16. The Bertz CT molecular complexity index is 1030. The number of imidazole rings is 1. The summed E-state index contributed by atoms with van der Waals surface area (Å²) >= 11 is 0. The molecule has 1 N–H and O–H groups in total. The van der Waals surface area contributed by atoms with E-state index in [1.807, 2.05) is 24.6 Å². The van der Waals surface area contributed by atoms with Crippen LogP contribution in [0.3, 0.4) is 0 Å². The van der Waals surface area contributed by atoms with E-state index >= 15 is 0 Å². The molecule has 1 saturated heterocycles. The Morgan fingerprint density at radius 1 is 1.29 bits per heavy atom. The molecule has 3 aromatic heterocycles. The fraction of sp³-hybridized carbons (Fsp3) is 0.368. The molecular weight excluding hydrogens is 358 g/mol. The Morgan fingerprint density at radius 2 is 2.11 bits per heavy atom. The van der Waals surface area contributed by atoms with Crippen LogP contribution < -0.4 is 10.2 Å². The third kappa shape index (κ3) is 3.60. The fourth-order valence-corrected chi connectivity index (χ4v) is 3.08. The van der Waals surface area contributed by atoms with Crippen molar-refractivity contribution in [3.63, 3.8) is 0 Å². The summed E-state index contributed by atoms with van der Waals surface area (Å²) in [5.41, 5.74) is 6.99. The van der Waals surface area contributed by atoms with Crippen LogP contribution in [0.25, 0.3) is 11.2 Å². The van der Waals surface area contributed by atoms with Gasteiger partial charge in [-0.25, -0.2) is 15.0 Å². The molecular formula is C19H21N7O2. The summed E-state index contributed by atoms with van der Waals surface area (Å²) in [6.45, 7) is 4.94. The lowest BCUT2D eigenvalue weighted by Crippen LogP contribution is -2.40. The van der Waals surface area contributed by atoms with Crippen molar-refractivity contribution in [2.24, 2.45) is 7.05 Å². The van der Waals surface area contributed by atoms with Crippen molar-refractivity contribution in [3.8, 4) is 17.7 Å². The molecule has 0 unspecified atom stereocenters.